The summed E-state index contributed by atoms with van der Waals surface area (Å²) in [5.41, 5.74) is -0.0897. The van der Waals surface area contributed by atoms with Crippen molar-refractivity contribution in [2.75, 3.05) is 4.90 Å². The van der Waals surface area contributed by atoms with Crippen LogP contribution >= 0.6 is 0 Å². The third-order valence-corrected chi connectivity index (χ3v) is 8.05. The van der Waals surface area contributed by atoms with Gasteiger partial charge in [0.15, 0.2) is 23.2 Å². The molecule has 0 saturated heterocycles. The normalized spacial score (nSPS) is 12.5. The molecule has 0 spiro atoms. The first-order chi connectivity index (χ1) is 25.3. The van der Waals surface area contributed by atoms with E-state index < -0.39 is 47.0 Å². The SMILES string of the molecule is CC(C)c1cc(C(=O)N[C@@H](Cc2ccc(F)c(F)c2)C(=O)CCc2ccc3c(N(C(=O)OC(C)(C)C)C(=O)OC(C)(C)C)nccc3c2)nc2ncnn12. The van der Waals surface area contributed by atoms with Crippen molar-refractivity contribution in [2.45, 2.75) is 97.8 Å². The number of fused-ring (bicyclic) bond motifs is 2. The van der Waals surface area contributed by atoms with Crippen LogP contribution in [-0.4, -0.2) is 65.7 Å². The van der Waals surface area contributed by atoms with Crippen LogP contribution in [-0.2, 0) is 27.1 Å². The van der Waals surface area contributed by atoms with Crippen LogP contribution in [0.3, 0.4) is 0 Å². The smallest absolute Gasteiger partial charge is 0.425 e. The molecule has 0 unspecified atom stereocenters. The highest BCUT2D eigenvalue weighted by Crippen LogP contribution is 2.29. The van der Waals surface area contributed by atoms with Crippen LogP contribution < -0.4 is 10.2 Å². The van der Waals surface area contributed by atoms with Crippen molar-refractivity contribution in [2.24, 2.45) is 0 Å². The number of ketones is 1. The largest absolute Gasteiger partial charge is 0.443 e. The number of carbonyl (C=O) groups excluding carboxylic acids is 4. The summed E-state index contributed by atoms with van der Waals surface area (Å²) in [4.78, 5) is 67.5. The number of nitrogens with zero attached hydrogens (tertiary/aromatic N) is 6. The van der Waals surface area contributed by atoms with Crippen LogP contribution in [0.4, 0.5) is 24.2 Å². The number of carbonyl (C=O) groups is 4. The molecule has 0 radical (unpaired) electrons. The van der Waals surface area contributed by atoms with Gasteiger partial charge in [0.2, 0.25) is 0 Å². The van der Waals surface area contributed by atoms with E-state index >= 15 is 0 Å². The number of aromatic nitrogens is 5. The quantitative estimate of drug-likeness (QED) is 0.154. The topological polar surface area (TPSA) is 158 Å². The Kier molecular flexibility index (Phi) is 11.4. The van der Waals surface area contributed by atoms with Gasteiger partial charge in [0.05, 0.1) is 11.7 Å². The van der Waals surface area contributed by atoms with Crippen LogP contribution in [0, 0.1) is 11.6 Å². The van der Waals surface area contributed by atoms with Gasteiger partial charge in [-0.05, 0) is 101 Å². The summed E-state index contributed by atoms with van der Waals surface area (Å²) < 4.78 is 40.5. The van der Waals surface area contributed by atoms with Crippen molar-refractivity contribution in [3.8, 4) is 0 Å². The molecule has 3 heterocycles. The summed E-state index contributed by atoms with van der Waals surface area (Å²) in [6.07, 6.45) is 0.942. The van der Waals surface area contributed by atoms with E-state index in [0.717, 1.165) is 22.6 Å². The second-order valence-electron chi connectivity index (χ2n) is 15.1. The molecule has 5 rings (SSSR count). The molecule has 2 aromatic carbocycles. The van der Waals surface area contributed by atoms with Gasteiger partial charge in [-0.25, -0.2) is 32.9 Å². The minimum Gasteiger partial charge on any atom is -0.443 e. The number of rotatable bonds is 10. The maximum Gasteiger partial charge on any atom is 0.425 e. The number of Topliss-reactive ketones (excluding diaryl/α,β-unsaturated/α-hetero) is 1. The summed E-state index contributed by atoms with van der Waals surface area (Å²) in [6.45, 7) is 13.9. The lowest BCUT2D eigenvalue weighted by atomic mass is 9.96. The number of pyridine rings is 1. The van der Waals surface area contributed by atoms with Gasteiger partial charge in [-0.1, -0.05) is 38.1 Å². The number of amides is 3. The molecule has 13 nitrogen and oxygen atoms in total. The Bertz CT molecular complexity index is 2200. The molecule has 1 N–H and O–H groups in total. The zero-order valence-corrected chi connectivity index (χ0v) is 31.4. The Morgan fingerprint density at radius 3 is 2.15 bits per heavy atom. The maximum absolute atomic E-state index is 14.2. The van der Waals surface area contributed by atoms with E-state index in [1.54, 1.807) is 71.9 Å². The molecule has 3 aromatic heterocycles. The van der Waals surface area contributed by atoms with Gasteiger partial charge >= 0.3 is 12.2 Å². The molecular weight excluding hydrogens is 700 g/mol. The van der Waals surface area contributed by atoms with Gasteiger partial charge in [-0.3, -0.25) is 9.59 Å². The molecule has 3 amide bonds. The number of anilines is 1. The van der Waals surface area contributed by atoms with E-state index in [-0.39, 0.29) is 48.3 Å². The lowest BCUT2D eigenvalue weighted by molar-refractivity contribution is -0.120. The Morgan fingerprint density at radius 1 is 0.852 bits per heavy atom. The second kappa shape index (κ2) is 15.6. The first kappa shape index (κ1) is 39.3. The average Bonchev–Trinajstić information content (AvgIpc) is 3.55. The van der Waals surface area contributed by atoms with Crippen molar-refractivity contribution in [3.05, 3.63) is 95.2 Å². The number of benzene rings is 2. The van der Waals surface area contributed by atoms with E-state index in [1.807, 2.05) is 13.8 Å². The van der Waals surface area contributed by atoms with Crippen LogP contribution in [0.25, 0.3) is 16.6 Å². The number of halogens is 2. The average molecular weight is 744 g/mol. The summed E-state index contributed by atoms with van der Waals surface area (Å²) in [7, 11) is 0. The summed E-state index contributed by atoms with van der Waals surface area (Å²) >= 11 is 0. The van der Waals surface area contributed by atoms with E-state index in [4.69, 9.17) is 9.47 Å². The minimum atomic E-state index is -1.12. The minimum absolute atomic E-state index is 0.00600. The third-order valence-electron chi connectivity index (χ3n) is 8.05. The lowest BCUT2D eigenvalue weighted by Crippen LogP contribution is -2.44. The van der Waals surface area contributed by atoms with Crippen molar-refractivity contribution in [1.29, 1.82) is 0 Å². The maximum atomic E-state index is 14.2. The number of nitrogens with one attached hydrogen (secondary N) is 1. The highest BCUT2D eigenvalue weighted by molar-refractivity contribution is 6.13. The fourth-order valence-corrected chi connectivity index (χ4v) is 5.59. The molecule has 0 fully saturated rings. The van der Waals surface area contributed by atoms with Crippen molar-refractivity contribution in [3.63, 3.8) is 0 Å². The highest BCUT2D eigenvalue weighted by atomic mass is 19.2. The number of imide groups is 1. The van der Waals surface area contributed by atoms with Gasteiger partial charge in [0, 0.05) is 18.0 Å². The van der Waals surface area contributed by atoms with Gasteiger partial charge in [0.1, 0.15) is 23.2 Å². The van der Waals surface area contributed by atoms with Crippen molar-refractivity contribution < 1.29 is 37.4 Å². The molecule has 0 aliphatic carbocycles. The number of ether oxygens (including phenoxy) is 2. The molecule has 1 atom stereocenters. The third kappa shape index (κ3) is 9.57. The molecule has 0 saturated carbocycles. The second-order valence-corrected chi connectivity index (χ2v) is 15.1. The number of hydrogen-bond donors (Lipinski definition) is 1. The van der Waals surface area contributed by atoms with E-state index in [2.05, 4.69) is 25.4 Å². The summed E-state index contributed by atoms with van der Waals surface area (Å²) in [5.74, 6) is -2.93. The molecule has 0 aliphatic heterocycles. The van der Waals surface area contributed by atoms with Crippen LogP contribution in [0.2, 0.25) is 0 Å². The van der Waals surface area contributed by atoms with Crippen molar-refractivity contribution in [1.82, 2.24) is 29.9 Å². The molecule has 0 aliphatic rings. The standard InChI is InChI=1S/C39H43F2N7O6/c1-22(2)31-20-30(46-35-43-21-44-48(31)35)34(50)45-29(19-24-10-13-27(40)28(41)18-24)32(49)14-11-23-9-12-26-25(17-23)15-16-42-33(26)47(36(51)53-38(3,4)5)37(52)54-39(6,7)8/h9-10,12-13,15-18,20-22,29H,11,14,19H2,1-8H3,(H,45,50)/t29-/m0/s1. The molecule has 284 valence electrons. The first-order valence-electron chi connectivity index (χ1n) is 17.4. The predicted molar refractivity (Wildman–Crippen MR) is 196 cm³/mol. The highest BCUT2D eigenvalue weighted by Gasteiger charge is 2.34. The van der Waals surface area contributed by atoms with E-state index in [9.17, 15) is 28.0 Å². The zero-order valence-electron chi connectivity index (χ0n) is 31.4. The molecule has 5 aromatic rings. The fourth-order valence-electron chi connectivity index (χ4n) is 5.59. The van der Waals surface area contributed by atoms with Gasteiger partial charge in [-0.15, -0.1) is 0 Å². The zero-order chi connectivity index (χ0) is 39.5. The van der Waals surface area contributed by atoms with Crippen molar-refractivity contribution >= 4 is 46.2 Å². The Labute approximate surface area is 311 Å². The predicted octanol–water partition coefficient (Wildman–Crippen LogP) is 7.29. The van der Waals surface area contributed by atoms with Crippen LogP contribution in [0.5, 0.6) is 0 Å². The summed E-state index contributed by atoms with van der Waals surface area (Å²) in [6, 6.07) is 10.7. The lowest BCUT2D eigenvalue weighted by Gasteiger charge is -2.28. The molecule has 54 heavy (non-hydrogen) atoms. The number of aryl methyl sites for hydroxylation is 1. The number of hydrogen-bond acceptors (Lipinski definition) is 10. The van der Waals surface area contributed by atoms with E-state index in [1.165, 1.54) is 23.1 Å². The van der Waals surface area contributed by atoms with Crippen LogP contribution in [0.1, 0.15) is 95.0 Å². The fraction of sp³-hybridized carbons (Fsp3) is 0.385. The van der Waals surface area contributed by atoms with Crippen LogP contribution in [0.15, 0.2) is 61.1 Å². The van der Waals surface area contributed by atoms with Gasteiger partial charge in [-0.2, -0.15) is 15.0 Å². The van der Waals surface area contributed by atoms with E-state index in [0.29, 0.717) is 22.0 Å². The molecular formula is C39H43F2N7O6. The Balaban J connectivity index is 1.40. The van der Waals surface area contributed by atoms with Gasteiger partial charge < -0.3 is 14.8 Å². The first-order valence-corrected chi connectivity index (χ1v) is 17.4. The monoisotopic (exact) mass is 743 g/mol. The Morgan fingerprint density at radius 2 is 1.52 bits per heavy atom. The van der Waals surface area contributed by atoms with Gasteiger partial charge in [0.25, 0.3) is 11.7 Å². The molecule has 0 bridgehead atoms. The molecule has 15 heteroatoms. The Hall–Kier alpha value is -5.86. The summed E-state index contributed by atoms with van der Waals surface area (Å²) in [5, 5.41) is 7.99.